The molecule has 0 aliphatic rings. The largest absolute Gasteiger partial charge is 0.480 e. The molecule has 1 atom stereocenters. The van der Waals surface area contributed by atoms with Gasteiger partial charge >= 0.3 is 18.3 Å². The van der Waals surface area contributed by atoms with Gasteiger partial charge in [0, 0.05) is 11.4 Å². The standard InChI is InChI=1S/C19H14ClF6NO3/c20-14-3-1-2-10(6-14)7-15(17(29)30)27-16(28)8-11-4-12(18(21,22)23)9-13(5-11)19(24,25)26/h1-6,9,15H,7-8H2,(H,27,28)(H,29,30)/t15-/m0/s1. The zero-order valence-corrected chi connectivity index (χ0v) is 15.7. The SMILES string of the molecule is O=C(Cc1cc(C(F)(F)F)cc(C(F)(F)F)c1)N[C@@H](Cc1cccc(Cl)c1)C(=O)O. The van der Waals surface area contributed by atoms with Gasteiger partial charge in [-0.05, 0) is 41.5 Å². The third-order valence-electron chi connectivity index (χ3n) is 3.97. The minimum atomic E-state index is -5.05. The lowest BCUT2D eigenvalue weighted by molar-refractivity contribution is -0.143. The number of amides is 1. The Morgan fingerprint density at radius 2 is 1.50 bits per heavy atom. The molecule has 0 saturated heterocycles. The van der Waals surface area contributed by atoms with Gasteiger partial charge < -0.3 is 10.4 Å². The van der Waals surface area contributed by atoms with E-state index in [1.165, 1.54) is 6.07 Å². The molecule has 2 aromatic rings. The molecule has 0 radical (unpaired) electrons. The summed E-state index contributed by atoms with van der Waals surface area (Å²) in [5.41, 5.74) is -3.21. The van der Waals surface area contributed by atoms with Gasteiger partial charge in [-0.3, -0.25) is 4.79 Å². The second-order valence-corrected chi connectivity index (χ2v) is 6.82. The van der Waals surface area contributed by atoms with Gasteiger partial charge in [0.1, 0.15) is 6.04 Å². The van der Waals surface area contributed by atoms with Crippen LogP contribution in [0.2, 0.25) is 5.02 Å². The van der Waals surface area contributed by atoms with E-state index in [1.807, 2.05) is 0 Å². The Bertz CT molecular complexity index is 910. The van der Waals surface area contributed by atoms with Gasteiger partial charge in [0.05, 0.1) is 17.5 Å². The van der Waals surface area contributed by atoms with Crippen LogP contribution >= 0.6 is 11.6 Å². The number of aliphatic carboxylic acids is 1. The molecule has 30 heavy (non-hydrogen) atoms. The minimum absolute atomic E-state index is 0.0550. The number of halogens is 7. The number of nitrogens with one attached hydrogen (secondary N) is 1. The van der Waals surface area contributed by atoms with E-state index in [1.54, 1.807) is 18.2 Å². The molecule has 0 aliphatic heterocycles. The van der Waals surface area contributed by atoms with Crippen LogP contribution in [0.3, 0.4) is 0 Å². The second-order valence-electron chi connectivity index (χ2n) is 6.38. The number of hydrogen-bond acceptors (Lipinski definition) is 2. The third-order valence-corrected chi connectivity index (χ3v) is 4.21. The lowest BCUT2D eigenvalue weighted by Gasteiger charge is -2.16. The predicted molar refractivity (Wildman–Crippen MR) is 94.9 cm³/mol. The van der Waals surface area contributed by atoms with Gasteiger partial charge in [0.2, 0.25) is 5.91 Å². The van der Waals surface area contributed by atoms with E-state index < -0.39 is 53.4 Å². The van der Waals surface area contributed by atoms with Crippen molar-refractivity contribution in [3.63, 3.8) is 0 Å². The van der Waals surface area contributed by atoms with Crippen molar-refractivity contribution >= 4 is 23.5 Å². The summed E-state index contributed by atoms with van der Waals surface area (Å²) in [5.74, 6) is -2.47. The highest BCUT2D eigenvalue weighted by atomic mass is 35.5. The van der Waals surface area contributed by atoms with Crippen molar-refractivity contribution in [2.45, 2.75) is 31.2 Å². The molecular formula is C19H14ClF6NO3. The molecule has 0 spiro atoms. The zero-order chi connectivity index (χ0) is 22.7. The number of alkyl halides is 6. The van der Waals surface area contributed by atoms with Crippen LogP contribution in [0.5, 0.6) is 0 Å². The molecule has 0 heterocycles. The number of rotatable bonds is 6. The highest BCUT2D eigenvalue weighted by Crippen LogP contribution is 2.36. The number of carbonyl (C=O) groups excluding carboxylic acids is 1. The van der Waals surface area contributed by atoms with Crippen LogP contribution in [0.4, 0.5) is 26.3 Å². The van der Waals surface area contributed by atoms with Gasteiger partial charge in [-0.15, -0.1) is 0 Å². The fourth-order valence-electron chi connectivity index (χ4n) is 2.65. The van der Waals surface area contributed by atoms with Crippen molar-refractivity contribution in [2.24, 2.45) is 0 Å². The fourth-order valence-corrected chi connectivity index (χ4v) is 2.86. The van der Waals surface area contributed by atoms with Crippen LogP contribution in [0.25, 0.3) is 0 Å². The van der Waals surface area contributed by atoms with Gasteiger partial charge in [-0.2, -0.15) is 26.3 Å². The fraction of sp³-hybridized carbons (Fsp3) is 0.263. The predicted octanol–water partition coefficient (Wildman–Crippen LogP) is 4.73. The topological polar surface area (TPSA) is 66.4 Å². The highest BCUT2D eigenvalue weighted by molar-refractivity contribution is 6.30. The number of carboxylic acid groups (broad SMARTS) is 1. The molecule has 4 nitrogen and oxygen atoms in total. The van der Waals surface area contributed by atoms with E-state index in [2.05, 4.69) is 5.32 Å². The van der Waals surface area contributed by atoms with Crippen LogP contribution in [-0.4, -0.2) is 23.0 Å². The molecule has 0 aromatic heterocycles. The first kappa shape index (κ1) is 23.5. The Morgan fingerprint density at radius 1 is 0.933 bits per heavy atom. The number of carbonyl (C=O) groups is 2. The number of benzene rings is 2. The first-order chi connectivity index (χ1) is 13.8. The van der Waals surface area contributed by atoms with E-state index in [4.69, 9.17) is 11.6 Å². The molecule has 11 heteroatoms. The van der Waals surface area contributed by atoms with Crippen LogP contribution in [0.1, 0.15) is 22.3 Å². The Kier molecular flexibility index (Phi) is 7.02. The van der Waals surface area contributed by atoms with E-state index >= 15 is 0 Å². The number of carboxylic acids is 1. The van der Waals surface area contributed by atoms with E-state index in [-0.39, 0.29) is 12.5 Å². The highest BCUT2D eigenvalue weighted by Gasteiger charge is 2.37. The van der Waals surface area contributed by atoms with Gasteiger partial charge in [-0.1, -0.05) is 23.7 Å². The molecule has 0 unspecified atom stereocenters. The third kappa shape index (κ3) is 6.65. The summed E-state index contributed by atoms with van der Waals surface area (Å²) in [5, 5.41) is 11.7. The lowest BCUT2D eigenvalue weighted by atomic mass is 10.0. The second kappa shape index (κ2) is 8.95. The summed E-state index contributed by atoms with van der Waals surface area (Å²) in [6, 6.07) is 5.45. The van der Waals surface area contributed by atoms with Crippen molar-refractivity contribution in [3.05, 3.63) is 69.7 Å². The first-order valence-electron chi connectivity index (χ1n) is 8.30. The Labute approximate surface area is 171 Å². The molecule has 2 aromatic carbocycles. The van der Waals surface area contributed by atoms with Crippen LogP contribution < -0.4 is 5.32 Å². The smallest absolute Gasteiger partial charge is 0.416 e. The summed E-state index contributed by atoms with van der Waals surface area (Å²) in [6.45, 7) is 0. The van der Waals surface area contributed by atoms with Crippen molar-refractivity contribution < 1.29 is 41.0 Å². The van der Waals surface area contributed by atoms with E-state index in [9.17, 15) is 41.0 Å². The molecule has 1 amide bonds. The zero-order valence-electron chi connectivity index (χ0n) is 14.9. The monoisotopic (exact) mass is 453 g/mol. The summed E-state index contributed by atoms with van der Waals surface area (Å²) in [4.78, 5) is 23.5. The van der Waals surface area contributed by atoms with Gasteiger partial charge in [0.15, 0.2) is 0 Å². The van der Waals surface area contributed by atoms with Crippen molar-refractivity contribution in [1.29, 1.82) is 0 Å². The molecule has 2 N–H and O–H groups in total. The molecule has 0 bridgehead atoms. The van der Waals surface area contributed by atoms with Gasteiger partial charge in [0.25, 0.3) is 0 Å². The van der Waals surface area contributed by atoms with Crippen LogP contribution in [-0.2, 0) is 34.8 Å². The van der Waals surface area contributed by atoms with Crippen molar-refractivity contribution in [1.82, 2.24) is 5.32 Å². The Hall–Kier alpha value is -2.75. The molecule has 0 fully saturated rings. The van der Waals surface area contributed by atoms with Crippen LogP contribution in [0, 0.1) is 0 Å². The van der Waals surface area contributed by atoms with E-state index in [0.717, 1.165) is 0 Å². The molecule has 162 valence electrons. The lowest BCUT2D eigenvalue weighted by Crippen LogP contribution is -2.43. The summed E-state index contributed by atoms with van der Waals surface area (Å²) in [6.07, 6.45) is -11.2. The molecule has 0 saturated carbocycles. The Morgan fingerprint density at radius 3 is 1.97 bits per heavy atom. The van der Waals surface area contributed by atoms with Crippen LogP contribution in [0.15, 0.2) is 42.5 Å². The normalized spacial score (nSPS) is 13.0. The minimum Gasteiger partial charge on any atom is -0.480 e. The average molecular weight is 454 g/mol. The maximum absolute atomic E-state index is 12.9. The first-order valence-corrected chi connectivity index (χ1v) is 8.68. The van der Waals surface area contributed by atoms with E-state index in [0.29, 0.717) is 22.7 Å². The summed E-state index contributed by atoms with van der Waals surface area (Å²) in [7, 11) is 0. The number of hydrogen-bond donors (Lipinski definition) is 2. The van der Waals surface area contributed by atoms with Crippen molar-refractivity contribution in [3.8, 4) is 0 Å². The summed E-state index contributed by atoms with van der Waals surface area (Å²) >= 11 is 5.81. The Balaban J connectivity index is 2.21. The maximum Gasteiger partial charge on any atom is 0.416 e. The van der Waals surface area contributed by atoms with Crippen molar-refractivity contribution in [2.75, 3.05) is 0 Å². The summed E-state index contributed by atoms with van der Waals surface area (Å²) < 4.78 is 77.4. The quantitative estimate of drug-likeness (QED) is 0.621. The molecule has 2 rings (SSSR count). The average Bonchev–Trinajstić information content (AvgIpc) is 2.59. The van der Waals surface area contributed by atoms with Gasteiger partial charge in [-0.25, -0.2) is 4.79 Å². The molecular weight excluding hydrogens is 440 g/mol. The maximum atomic E-state index is 12.9. The molecule has 0 aliphatic carbocycles.